The normalized spacial score (nSPS) is 13.6. The topological polar surface area (TPSA) is 129 Å². The summed E-state index contributed by atoms with van der Waals surface area (Å²) in [4.78, 5) is 43.9. The fourth-order valence-electron chi connectivity index (χ4n) is 5.04. The Morgan fingerprint density at radius 3 is 2.40 bits per heavy atom. The molecule has 4 aromatic rings. The molecule has 1 saturated heterocycles. The van der Waals surface area contributed by atoms with Crippen molar-refractivity contribution in [3.63, 3.8) is 0 Å². The zero-order chi connectivity index (χ0) is 30.7. The number of hydrogen-bond donors (Lipinski definition) is 3. The molecular formula is C29H26F4N6O4. The molecule has 10 nitrogen and oxygen atoms in total. The number of aromatic nitrogens is 3. The fraction of sp³-hybridized carbons (Fsp3) is 0.276. The summed E-state index contributed by atoms with van der Waals surface area (Å²) in [7, 11) is 0. The van der Waals surface area contributed by atoms with Crippen LogP contribution in [0, 0.1) is 5.82 Å². The first-order valence-electron chi connectivity index (χ1n) is 13.4. The van der Waals surface area contributed by atoms with Crippen LogP contribution >= 0.6 is 0 Å². The van der Waals surface area contributed by atoms with Gasteiger partial charge in [0.1, 0.15) is 12.4 Å². The molecule has 224 valence electrons. The standard InChI is InChI=1S/C29H26F4N6O4/c30-19-5-6-21(18(12-19)14-25(40)41)35-27(42)17-4-7-23(38-10-2-1-3-11-38)22(13-17)36-28(43)26-20-8-9-34-15-24(20)39(37-26)16-29(31,32)33/h4-9,12-13,15H,1-3,10-11,14,16H2,(H,35,42)(H,36,43)(H,40,41). The maximum atomic E-state index is 13.8. The van der Waals surface area contributed by atoms with Gasteiger partial charge in [-0.2, -0.15) is 18.3 Å². The van der Waals surface area contributed by atoms with Gasteiger partial charge < -0.3 is 20.6 Å². The molecule has 3 N–H and O–H groups in total. The van der Waals surface area contributed by atoms with E-state index < -0.39 is 42.7 Å². The van der Waals surface area contributed by atoms with Crippen molar-refractivity contribution in [1.82, 2.24) is 14.8 Å². The molecule has 1 aliphatic heterocycles. The Kier molecular flexibility index (Phi) is 8.28. The lowest BCUT2D eigenvalue weighted by Gasteiger charge is -2.30. The first kappa shape index (κ1) is 29.5. The van der Waals surface area contributed by atoms with E-state index in [1.807, 2.05) is 4.90 Å². The second-order valence-corrected chi connectivity index (χ2v) is 10.1. The number of amides is 2. The van der Waals surface area contributed by atoms with Crippen LogP contribution in [0.3, 0.4) is 0 Å². The molecule has 0 radical (unpaired) electrons. The fourth-order valence-corrected chi connectivity index (χ4v) is 5.04. The van der Waals surface area contributed by atoms with Gasteiger partial charge in [0, 0.05) is 35.9 Å². The molecule has 0 unspecified atom stereocenters. The third-order valence-corrected chi connectivity index (χ3v) is 6.96. The first-order valence-corrected chi connectivity index (χ1v) is 13.4. The molecule has 0 bridgehead atoms. The second kappa shape index (κ2) is 12.1. The SMILES string of the molecule is O=C(O)Cc1cc(F)ccc1NC(=O)c1ccc(N2CCCCC2)c(NC(=O)c2nn(CC(F)(F)F)c3cnccc23)c1. The van der Waals surface area contributed by atoms with Crippen molar-refractivity contribution in [3.8, 4) is 0 Å². The quantitative estimate of drug-likeness (QED) is 0.236. The summed E-state index contributed by atoms with van der Waals surface area (Å²) >= 11 is 0. The number of alkyl halides is 3. The van der Waals surface area contributed by atoms with Crippen LogP contribution in [0.2, 0.25) is 0 Å². The highest BCUT2D eigenvalue weighted by molar-refractivity contribution is 6.13. The minimum Gasteiger partial charge on any atom is -0.481 e. The van der Waals surface area contributed by atoms with Crippen LogP contribution in [0.1, 0.15) is 45.7 Å². The van der Waals surface area contributed by atoms with Gasteiger partial charge in [0.05, 0.1) is 29.5 Å². The lowest BCUT2D eigenvalue weighted by atomic mass is 10.1. The number of fused-ring (bicyclic) bond motifs is 1. The smallest absolute Gasteiger partial charge is 0.408 e. The van der Waals surface area contributed by atoms with Crippen LogP contribution in [0.25, 0.3) is 10.9 Å². The van der Waals surface area contributed by atoms with E-state index in [2.05, 4.69) is 20.7 Å². The molecule has 1 aliphatic rings. The predicted octanol–water partition coefficient (Wildman–Crippen LogP) is 5.25. The Morgan fingerprint density at radius 1 is 0.930 bits per heavy atom. The highest BCUT2D eigenvalue weighted by Gasteiger charge is 2.31. The number of nitrogens with one attached hydrogen (secondary N) is 2. The predicted molar refractivity (Wildman–Crippen MR) is 150 cm³/mol. The van der Waals surface area contributed by atoms with Crippen molar-refractivity contribution in [3.05, 3.63) is 77.5 Å². The summed E-state index contributed by atoms with van der Waals surface area (Å²) in [5.41, 5.74) is 0.899. The summed E-state index contributed by atoms with van der Waals surface area (Å²) in [6.07, 6.45) is 0.289. The monoisotopic (exact) mass is 598 g/mol. The maximum Gasteiger partial charge on any atom is 0.408 e. The largest absolute Gasteiger partial charge is 0.481 e. The molecule has 0 aliphatic carbocycles. The van der Waals surface area contributed by atoms with Gasteiger partial charge in [-0.3, -0.25) is 24.0 Å². The number of rotatable bonds is 8. The van der Waals surface area contributed by atoms with Gasteiger partial charge in [-0.15, -0.1) is 0 Å². The van der Waals surface area contributed by atoms with Crippen LogP contribution in [-0.2, 0) is 17.8 Å². The molecule has 1 fully saturated rings. The molecule has 0 saturated carbocycles. The van der Waals surface area contributed by atoms with Gasteiger partial charge in [-0.1, -0.05) is 0 Å². The number of piperidine rings is 1. The average molecular weight is 599 g/mol. The molecule has 5 rings (SSSR count). The van der Waals surface area contributed by atoms with Crippen LogP contribution in [0.4, 0.5) is 34.6 Å². The Labute approximate surface area is 242 Å². The number of pyridine rings is 1. The third kappa shape index (κ3) is 6.90. The summed E-state index contributed by atoms with van der Waals surface area (Å²) in [5.74, 6) is -3.30. The molecule has 43 heavy (non-hydrogen) atoms. The summed E-state index contributed by atoms with van der Waals surface area (Å²) in [5, 5.41) is 18.6. The highest BCUT2D eigenvalue weighted by Crippen LogP contribution is 2.32. The van der Waals surface area contributed by atoms with Gasteiger partial charge in [0.15, 0.2) is 5.69 Å². The second-order valence-electron chi connectivity index (χ2n) is 10.1. The lowest BCUT2D eigenvalue weighted by Crippen LogP contribution is -2.30. The van der Waals surface area contributed by atoms with Gasteiger partial charge in [0.25, 0.3) is 11.8 Å². The zero-order valence-corrected chi connectivity index (χ0v) is 22.6. The molecule has 14 heteroatoms. The Hall–Kier alpha value is -5.01. The summed E-state index contributed by atoms with van der Waals surface area (Å²) in [6, 6.07) is 9.38. The Balaban J connectivity index is 1.48. The van der Waals surface area contributed by atoms with Crippen molar-refractivity contribution in [2.45, 2.75) is 38.4 Å². The highest BCUT2D eigenvalue weighted by atomic mass is 19.4. The van der Waals surface area contributed by atoms with Crippen LogP contribution < -0.4 is 15.5 Å². The molecule has 3 heterocycles. The molecule has 2 amide bonds. The van der Waals surface area contributed by atoms with Crippen LogP contribution in [-0.4, -0.2) is 56.9 Å². The number of hydrogen-bond acceptors (Lipinski definition) is 6. The van der Waals surface area contributed by atoms with Crippen molar-refractivity contribution in [2.24, 2.45) is 0 Å². The minimum atomic E-state index is -4.58. The summed E-state index contributed by atoms with van der Waals surface area (Å²) in [6.45, 7) is -0.0287. The van der Waals surface area contributed by atoms with Crippen molar-refractivity contribution >= 4 is 45.7 Å². The maximum absolute atomic E-state index is 13.8. The number of anilines is 3. The van der Waals surface area contributed by atoms with Crippen molar-refractivity contribution in [2.75, 3.05) is 28.6 Å². The minimum absolute atomic E-state index is 0.0332. The number of carboxylic acids is 1. The van der Waals surface area contributed by atoms with E-state index in [0.29, 0.717) is 23.5 Å². The summed E-state index contributed by atoms with van der Waals surface area (Å²) < 4.78 is 54.0. The van der Waals surface area contributed by atoms with E-state index in [9.17, 15) is 37.1 Å². The molecule has 2 aromatic heterocycles. The number of benzene rings is 2. The Bertz CT molecular complexity index is 1700. The Morgan fingerprint density at radius 2 is 1.67 bits per heavy atom. The van der Waals surface area contributed by atoms with Crippen LogP contribution in [0.5, 0.6) is 0 Å². The van der Waals surface area contributed by atoms with E-state index in [0.717, 1.165) is 31.4 Å². The molecular weight excluding hydrogens is 572 g/mol. The van der Waals surface area contributed by atoms with E-state index in [1.54, 1.807) is 6.07 Å². The van der Waals surface area contributed by atoms with Crippen LogP contribution in [0.15, 0.2) is 54.9 Å². The van der Waals surface area contributed by atoms with Gasteiger partial charge in [-0.25, -0.2) is 4.39 Å². The van der Waals surface area contributed by atoms with Crippen molar-refractivity contribution < 1.29 is 37.1 Å². The van der Waals surface area contributed by atoms with Gasteiger partial charge in [0.2, 0.25) is 0 Å². The van der Waals surface area contributed by atoms with E-state index >= 15 is 0 Å². The third-order valence-electron chi connectivity index (χ3n) is 6.96. The number of carbonyl (C=O) groups is 3. The number of carboxylic acid groups (broad SMARTS) is 1. The number of aliphatic carboxylic acids is 1. The molecule has 2 aromatic carbocycles. The average Bonchev–Trinajstić information content (AvgIpc) is 3.31. The number of carbonyl (C=O) groups excluding carboxylic acids is 2. The lowest BCUT2D eigenvalue weighted by molar-refractivity contribution is -0.142. The van der Waals surface area contributed by atoms with Gasteiger partial charge >= 0.3 is 12.1 Å². The number of halogens is 4. The molecule has 0 spiro atoms. The number of nitrogens with zero attached hydrogens (tertiary/aromatic N) is 4. The van der Waals surface area contributed by atoms with Gasteiger partial charge in [-0.05, 0) is 67.3 Å². The first-order chi connectivity index (χ1) is 20.5. The van der Waals surface area contributed by atoms with E-state index in [4.69, 9.17) is 0 Å². The van der Waals surface area contributed by atoms with Crippen molar-refractivity contribution in [1.29, 1.82) is 0 Å². The van der Waals surface area contributed by atoms with E-state index in [1.165, 1.54) is 36.7 Å². The van der Waals surface area contributed by atoms with E-state index in [-0.39, 0.29) is 39.1 Å². The zero-order valence-electron chi connectivity index (χ0n) is 22.6. The molecule has 0 atom stereocenters.